The second-order valence-electron chi connectivity index (χ2n) is 20.6. The van der Waals surface area contributed by atoms with Crippen molar-refractivity contribution in [1.82, 2.24) is 0 Å². The average Bonchev–Trinajstić information content (AvgIpc) is 4.38. The van der Waals surface area contributed by atoms with Gasteiger partial charge in [-0.15, -0.1) is 0 Å². The molecule has 0 amide bonds. The molecule has 0 bridgehead atoms. The van der Waals surface area contributed by atoms with E-state index in [2.05, 4.69) is 290 Å². The summed E-state index contributed by atoms with van der Waals surface area (Å²) in [6.45, 7) is 0. The van der Waals surface area contributed by atoms with Gasteiger partial charge in [-0.1, -0.05) is 249 Å². The van der Waals surface area contributed by atoms with Crippen LogP contribution in [0.25, 0.3) is 77.9 Å². The van der Waals surface area contributed by atoms with Crippen LogP contribution in [0.5, 0.6) is 0 Å². The Labute approximate surface area is 438 Å². The highest BCUT2D eigenvalue weighted by molar-refractivity contribution is 6.01. The van der Waals surface area contributed by atoms with Crippen molar-refractivity contribution in [2.24, 2.45) is 0 Å². The van der Waals surface area contributed by atoms with Gasteiger partial charge < -0.3 is 4.90 Å². The molecule has 1 heteroatoms. The predicted molar refractivity (Wildman–Crippen MR) is 310 cm³/mol. The molecule has 4 aliphatic rings. The van der Waals surface area contributed by atoms with Crippen LogP contribution in [0.1, 0.15) is 44.5 Å². The second kappa shape index (κ2) is 16.0. The Bertz CT molecular complexity index is 3950. The monoisotopic (exact) mass is 949 g/mol. The fraction of sp³-hybridized carbons (Fsp3) is 0.0270. The van der Waals surface area contributed by atoms with Crippen LogP contribution in [0, 0.1) is 0 Å². The first-order valence-electron chi connectivity index (χ1n) is 26.2. The van der Waals surface area contributed by atoms with Crippen LogP contribution in [-0.4, -0.2) is 0 Å². The largest absolute Gasteiger partial charge is 0.310 e. The normalized spacial score (nSPS) is 13.8. The molecule has 0 radical (unpaired) electrons. The van der Waals surface area contributed by atoms with E-state index in [4.69, 9.17) is 0 Å². The lowest BCUT2D eigenvalue weighted by atomic mass is 9.68. The summed E-state index contributed by atoms with van der Waals surface area (Å²) in [6.07, 6.45) is 0. The maximum absolute atomic E-state index is 2.46. The van der Waals surface area contributed by atoms with Crippen molar-refractivity contribution in [3.05, 3.63) is 330 Å². The number of rotatable bonds is 6. The molecule has 4 aliphatic carbocycles. The number of hydrogen-bond acceptors (Lipinski definition) is 1. The maximum atomic E-state index is 2.46. The van der Waals surface area contributed by atoms with E-state index in [9.17, 15) is 0 Å². The number of benzene rings is 12. The Hall–Kier alpha value is -9.56. The lowest BCUT2D eigenvalue weighted by Gasteiger charge is -2.33. The van der Waals surface area contributed by atoms with Crippen LogP contribution in [0.15, 0.2) is 285 Å². The van der Waals surface area contributed by atoms with Gasteiger partial charge in [0.15, 0.2) is 0 Å². The third-order valence-corrected chi connectivity index (χ3v) is 17.1. The van der Waals surface area contributed by atoms with E-state index in [1.165, 1.54) is 122 Å². The lowest BCUT2D eigenvalue weighted by Crippen LogP contribution is -2.26. The molecule has 0 heterocycles. The van der Waals surface area contributed by atoms with E-state index in [-0.39, 0.29) is 0 Å². The molecule has 2 spiro atoms. The summed E-state index contributed by atoms with van der Waals surface area (Å²) in [7, 11) is 0. The number of fused-ring (bicyclic) bond motifs is 20. The highest BCUT2D eigenvalue weighted by Crippen LogP contribution is 2.66. The highest BCUT2D eigenvalue weighted by atomic mass is 15.1. The minimum Gasteiger partial charge on any atom is -0.310 e. The Kier molecular flexibility index (Phi) is 8.94. The van der Waals surface area contributed by atoms with Gasteiger partial charge in [0.25, 0.3) is 0 Å². The van der Waals surface area contributed by atoms with Gasteiger partial charge in [-0.3, -0.25) is 0 Å². The molecule has 16 rings (SSSR count). The van der Waals surface area contributed by atoms with Gasteiger partial charge in [0.1, 0.15) is 0 Å². The summed E-state index contributed by atoms with van der Waals surface area (Å²) in [5.74, 6) is 0. The van der Waals surface area contributed by atoms with Crippen LogP contribution in [0.3, 0.4) is 0 Å². The topological polar surface area (TPSA) is 3.24 Å². The van der Waals surface area contributed by atoms with E-state index in [0.717, 1.165) is 17.1 Å². The molecule has 0 aromatic heterocycles. The summed E-state index contributed by atoms with van der Waals surface area (Å²) in [5, 5.41) is 0. The van der Waals surface area contributed by atoms with Gasteiger partial charge in [-0.05, 0) is 159 Å². The zero-order chi connectivity index (χ0) is 49.2. The minimum absolute atomic E-state index is 0.472. The zero-order valence-electron chi connectivity index (χ0n) is 41.1. The van der Waals surface area contributed by atoms with Gasteiger partial charge in [0.2, 0.25) is 0 Å². The molecule has 0 N–H and O–H groups in total. The summed E-state index contributed by atoms with van der Waals surface area (Å²) < 4.78 is 0. The number of anilines is 3. The SMILES string of the molecule is c1ccc(-c2ccc(N(c3cccc(-c4cccc5c4C4(c6ccccc6-c6ccccc64)c4ccccc4-5)c3)c3cccc(-c4cccc5c4C4(c6ccccc6-c6ccccc64)c4ccccc4-5)c3)cc2)cc1. The summed E-state index contributed by atoms with van der Waals surface area (Å²) in [5.41, 5.74) is 30.8. The van der Waals surface area contributed by atoms with Crippen LogP contribution >= 0.6 is 0 Å². The van der Waals surface area contributed by atoms with Crippen molar-refractivity contribution in [3.63, 3.8) is 0 Å². The van der Waals surface area contributed by atoms with E-state index < -0.39 is 10.8 Å². The molecule has 348 valence electrons. The minimum atomic E-state index is -0.472. The smallest absolute Gasteiger partial charge is 0.0731 e. The first kappa shape index (κ1) is 42.0. The van der Waals surface area contributed by atoms with Gasteiger partial charge in [0, 0.05) is 17.1 Å². The van der Waals surface area contributed by atoms with Crippen LogP contribution in [0.2, 0.25) is 0 Å². The van der Waals surface area contributed by atoms with Crippen LogP contribution in [0.4, 0.5) is 17.1 Å². The first-order valence-corrected chi connectivity index (χ1v) is 26.2. The Morgan fingerprint density at radius 2 is 0.467 bits per heavy atom. The third-order valence-electron chi connectivity index (χ3n) is 17.1. The van der Waals surface area contributed by atoms with Crippen molar-refractivity contribution in [2.75, 3.05) is 4.90 Å². The molecule has 0 fully saturated rings. The Balaban J connectivity index is 0.902. The molecule has 0 saturated carbocycles. The molecule has 0 aliphatic heterocycles. The molecule has 0 saturated heterocycles. The fourth-order valence-corrected chi connectivity index (χ4v) is 14.3. The van der Waals surface area contributed by atoms with Crippen molar-refractivity contribution >= 4 is 17.1 Å². The van der Waals surface area contributed by atoms with E-state index in [0.29, 0.717) is 0 Å². The average molecular weight is 950 g/mol. The molecule has 0 unspecified atom stereocenters. The predicted octanol–water partition coefficient (Wildman–Crippen LogP) is 18.8. The first-order chi connectivity index (χ1) is 37.2. The molecular weight excluding hydrogens is 903 g/mol. The Morgan fingerprint density at radius 3 is 0.853 bits per heavy atom. The maximum Gasteiger partial charge on any atom is 0.0731 e. The number of nitrogens with zero attached hydrogens (tertiary/aromatic N) is 1. The van der Waals surface area contributed by atoms with E-state index in [1.54, 1.807) is 0 Å². The lowest BCUT2D eigenvalue weighted by molar-refractivity contribution is 0.795. The van der Waals surface area contributed by atoms with Crippen molar-refractivity contribution in [1.29, 1.82) is 0 Å². The third kappa shape index (κ3) is 5.67. The number of hydrogen-bond donors (Lipinski definition) is 0. The molecule has 75 heavy (non-hydrogen) atoms. The van der Waals surface area contributed by atoms with Crippen molar-refractivity contribution < 1.29 is 0 Å². The van der Waals surface area contributed by atoms with E-state index in [1.807, 2.05) is 0 Å². The molecule has 0 atom stereocenters. The second-order valence-corrected chi connectivity index (χ2v) is 20.6. The summed E-state index contributed by atoms with van der Waals surface area (Å²) in [6, 6.07) is 107. The summed E-state index contributed by atoms with van der Waals surface area (Å²) in [4.78, 5) is 2.46. The standard InChI is InChI=1S/C74H47N/c1-2-20-48(21-3-1)49-42-44-52(45-43-49)75(53-24-16-22-50(46-53)55-32-18-34-63-61-30-8-14-40-69(61)73(71(55)63)65-36-10-4-26-57(65)58-27-5-11-37-66(58)73)54-25-17-23-51(47-54)56-33-19-35-64-62-31-9-15-41-70(62)74(72(56)64)67-38-12-6-28-59(67)60-29-7-13-39-68(60)74/h1-47H. The molecular formula is C74H47N. The molecule has 12 aromatic carbocycles. The van der Waals surface area contributed by atoms with E-state index >= 15 is 0 Å². The quantitative estimate of drug-likeness (QED) is 0.161. The zero-order valence-corrected chi connectivity index (χ0v) is 41.1. The summed E-state index contributed by atoms with van der Waals surface area (Å²) >= 11 is 0. The highest BCUT2D eigenvalue weighted by Gasteiger charge is 2.54. The fourth-order valence-electron chi connectivity index (χ4n) is 14.3. The Morgan fingerprint density at radius 1 is 0.187 bits per heavy atom. The van der Waals surface area contributed by atoms with Gasteiger partial charge in [0.05, 0.1) is 10.8 Å². The van der Waals surface area contributed by atoms with Crippen LogP contribution < -0.4 is 4.90 Å². The van der Waals surface area contributed by atoms with Crippen molar-refractivity contribution in [2.45, 2.75) is 10.8 Å². The van der Waals surface area contributed by atoms with Crippen LogP contribution in [-0.2, 0) is 10.8 Å². The van der Waals surface area contributed by atoms with Gasteiger partial charge in [-0.25, -0.2) is 0 Å². The van der Waals surface area contributed by atoms with Gasteiger partial charge in [-0.2, -0.15) is 0 Å². The molecule has 1 nitrogen and oxygen atoms in total. The molecule has 12 aromatic rings. The van der Waals surface area contributed by atoms with Crippen molar-refractivity contribution in [3.8, 4) is 77.9 Å². The van der Waals surface area contributed by atoms with Gasteiger partial charge >= 0.3 is 0 Å².